The molecule has 0 bridgehead atoms. The molecule has 0 aliphatic rings. The van der Waals surface area contributed by atoms with Gasteiger partial charge in [-0.15, -0.1) is 0 Å². The highest BCUT2D eigenvalue weighted by atomic mass is 15.1. The maximum Gasteiger partial charge on any atom is 0.290 e. The number of hydrogen-bond acceptors (Lipinski definition) is 2. The molecule has 0 spiro atoms. The van der Waals surface area contributed by atoms with E-state index in [0.717, 1.165) is 11.4 Å². The molecule has 17 heavy (non-hydrogen) atoms. The predicted octanol–water partition coefficient (Wildman–Crippen LogP) is 1.49. The Balaban J connectivity index is 2.53. The summed E-state index contributed by atoms with van der Waals surface area (Å²) < 4.78 is 3.68. The highest BCUT2D eigenvalue weighted by Gasteiger charge is 2.18. The van der Waals surface area contributed by atoms with E-state index in [9.17, 15) is 0 Å². The van der Waals surface area contributed by atoms with Crippen LogP contribution < -0.4 is 4.57 Å². The van der Waals surface area contributed by atoms with E-state index < -0.39 is 0 Å². The Bertz CT molecular complexity index is 551. The Kier molecular flexibility index (Phi) is 3.18. The van der Waals surface area contributed by atoms with Crippen molar-refractivity contribution in [3.05, 3.63) is 42.7 Å². The average Bonchev–Trinajstić information content (AvgIpc) is 2.74. The second-order valence-corrected chi connectivity index (χ2v) is 3.56. The van der Waals surface area contributed by atoms with Gasteiger partial charge in [-0.2, -0.15) is 10.5 Å². The summed E-state index contributed by atoms with van der Waals surface area (Å²) in [7, 11) is 0. The van der Waals surface area contributed by atoms with Crippen molar-refractivity contribution < 1.29 is 4.57 Å². The minimum absolute atomic E-state index is 0.280. The summed E-state index contributed by atoms with van der Waals surface area (Å²) >= 11 is 0. The van der Waals surface area contributed by atoms with Crippen LogP contribution in [0.2, 0.25) is 0 Å². The van der Waals surface area contributed by atoms with E-state index in [1.54, 1.807) is 0 Å². The van der Waals surface area contributed by atoms with Crippen LogP contribution in [0.4, 0.5) is 0 Å². The lowest BCUT2D eigenvalue weighted by atomic mass is 10.2. The van der Waals surface area contributed by atoms with Gasteiger partial charge in [-0.05, 0) is 12.1 Å². The smallest absolute Gasteiger partial charge is 0.217 e. The molecule has 0 amide bonds. The zero-order valence-electron chi connectivity index (χ0n) is 9.24. The first kappa shape index (κ1) is 10.9. The Hall–Kier alpha value is -2.59. The zero-order valence-corrected chi connectivity index (χ0v) is 9.24. The summed E-state index contributed by atoms with van der Waals surface area (Å²) in [5, 5.41) is 17.6. The summed E-state index contributed by atoms with van der Waals surface area (Å²) in [5.41, 5.74) is 1.00. The molecule has 4 heteroatoms. The van der Waals surface area contributed by atoms with Crippen molar-refractivity contribution in [3.8, 4) is 23.5 Å². The summed E-state index contributed by atoms with van der Waals surface area (Å²) in [4.78, 5) is 0. The van der Waals surface area contributed by atoms with E-state index in [1.165, 1.54) is 0 Å². The number of nitrogens with zero attached hydrogens (tertiary/aromatic N) is 4. The maximum atomic E-state index is 8.79. The van der Waals surface area contributed by atoms with E-state index in [2.05, 4.69) is 12.1 Å². The molecule has 0 aliphatic heterocycles. The van der Waals surface area contributed by atoms with Crippen molar-refractivity contribution in [1.29, 1.82) is 10.5 Å². The fourth-order valence-corrected chi connectivity index (χ4v) is 1.79. The first-order valence-electron chi connectivity index (χ1n) is 5.24. The molecule has 1 aromatic carbocycles. The molecule has 0 radical (unpaired) electrons. The minimum Gasteiger partial charge on any atom is -0.217 e. The van der Waals surface area contributed by atoms with Gasteiger partial charge in [0, 0.05) is 0 Å². The Morgan fingerprint density at radius 3 is 2.53 bits per heavy atom. The van der Waals surface area contributed by atoms with Crippen LogP contribution in [0, 0.1) is 22.7 Å². The van der Waals surface area contributed by atoms with E-state index in [0.29, 0.717) is 0 Å². The first-order chi connectivity index (χ1) is 8.36. The van der Waals surface area contributed by atoms with Crippen LogP contribution in [0.3, 0.4) is 0 Å². The van der Waals surface area contributed by atoms with Crippen LogP contribution in [0.15, 0.2) is 42.7 Å². The topological polar surface area (TPSA) is 56.4 Å². The normalized spacial score (nSPS) is 9.53. The molecule has 0 aliphatic carbocycles. The summed E-state index contributed by atoms with van der Waals surface area (Å²) in [6.07, 6.45) is 3.64. The van der Waals surface area contributed by atoms with Gasteiger partial charge in [0.25, 0.3) is 5.82 Å². The summed E-state index contributed by atoms with van der Waals surface area (Å²) in [5.74, 6) is 0.883. The predicted molar refractivity (Wildman–Crippen MR) is 61.3 cm³/mol. The molecule has 1 heterocycles. The molecule has 4 nitrogen and oxygen atoms in total. The van der Waals surface area contributed by atoms with Crippen LogP contribution in [-0.4, -0.2) is 4.57 Å². The molecule has 0 N–H and O–H groups in total. The minimum atomic E-state index is 0.280. The lowest BCUT2D eigenvalue weighted by Gasteiger charge is -2.00. The third kappa shape index (κ3) is 2.16. The van der Waals surface area contributed by atoms with Gasteiger partial charge in [0.2, 0.25) is 0 Å². The monoisotopic (exact) mass is 223 g/mol. The van der Waals surface area contributed by atoms with Crippen molar-refractivity contribution in [3.63, 3.8) is 0 Å². The largest absolute Gasteiger partial charge is 0.290 e. The number of imidazole rings is 1. The van der Waals surface area contributed by atoms with Crippen LogP contribution >= 0.6 is 0 Å². The van der Waals surface area contributed by atoms with Crippen molar-refractivity contribution in [1.82, 2.24) is 4.57 Å². The number of benzene rings is 1. The Morgan fingerprint density at radius 1 is 1.12 bits per heavy atom. The molecule has 1 aromatic heterocycles. The summed E-state index contributed by atoms with van der Waals surface area (Å²) in [6.45, 7) is 0.561. The second-order valence-electron chi connectivity index (χ2n) is 3.56. The van der Waals surface area contributed by atoms with Crippen LogP contribution in [0.1, 0.15) is 0 Å². The molecule has 2 aromatic rings. The van der Waals surface area contributed by atoms with E-state index >= 15 is 0 Å². The van der Waals surface area contributed by atoms with Crippen LogP contribution in [0.25, 0.3) is 11.4 Å². The molecule has 0 unspecified atom stereocenters. The van der Waals surface area contributed by atoms with Gasteiger partial charge < -0.3 is 0 Å². The number of rotatable bonds is 3. The average molecular weight is 223 g/mol. The molecule has 82 valence electrons. The molecule has 2 rings (SSSR count). The lowest BCUT2D eigenvalue weighted by Crippen LogP contribution is -2.34. The standard InChI is InChI=1S/C13H11N4/c14-6-8-16-10-11-17(9-7-15)13(16)12-4-2-1-3-5-12/h1-5,10-11H,8-9H2/q+1. The highest BCUT2D eigenvalue weighted by Crippen LogP contribution is 2.15. The molecule has 0 saturated heterocycles. The second kappa shape index (κ2) is 4.96. The quantitative estimate of drug-likeness (QED) is 0.740. The van der Waals surface area contributed by atoms with E-state index in [-0.39, 0.29) is 13.1 Å². The number of aromatic nitrogens is 2. The van der Waals surface area contributed by atoms with Gasteiger partial charge in [-0.3, -0.25) is 0 Å². The zero-order chi connectivity index (χ0) is 12.1. The molecular weight excluding hydrogens is 212 g/mol. The fraction of sp³-hybridized carbons (Fsp3) is 0.154. The lowest BCUT2D eigenvalue weighted by molar-refractivity contribution is -0.673. The third-order valence-corrected chi connectivity index (χ3v) is 2.48. The highest BCUT2D eigenvalue weighted by molar-refractivity contribution is 5.52. The first-order valence-corrected chi connectivity index (χ1v) is 5.24. The number of hydrogen-bond donors (Lipinski definition) is 0. The Labute approximate surface area is 99.6 Å². The fourth-order valence-electron chi connectivity index (χ4n) is 1.79. The van der Waals surface area contributed by atoms with Gasteiger partial charge in [0.05, 0.1) is 5.56 Å². The van der Waals surface area contributed by atoms with Gasteiger partial charge in [-0.25, -0.2) is 9.13 Å². The van der Waals surface area contributed by atoms with Gasteiger partial charge in [0.15, 0.2) is 13.1 Å². The third-order valence-electron chi connectivity index (χ3n) is 2.48. The van der Waals surface area contributed by atoms with Gasteiger partial charge >= 0.3 is 0 Å². The van der Waals surface area contributed by atoms with E-state index in [1.807, 2.05) is 51.9 Å². The summed E-state index contributed by atoms with van der Waals surface area (Å²) in [6, 6.07) is 14.0. The molecule has 0 saturated carbocycles. The molecular formula is C13H11N4+. The maximum absolute atomic E-state index is 8.79. The van der Waals surface area contributed by atoms with Crippen LogP contribution in [0.5, 0.6) is 0 Å². The SMILES string of the molecule is N#CCn1cc[n+](CC#N)c1-c1ccccc1. The van der Waals surface area contributed by atoms with E-state index in [4.69, 9.17) is 10.5 Å². The van der Waals surface area contributed by atoms with Gasteiger partial charge in [-0.1, -0.05) is 18.2 Å². The molecule has 0 atom stereocenters. The Morgan fingerprint density at radius 2 is 1.88 bits per heavy atom. The number of nitriles is 2. The van der Waals surface area contributed by atoms with Crippen LogP contribution in [-0.2, 0) is 13.1 Å². The van der Waals surface area contributed by atoms with Gasteiger partial charge in [0.1, 0.15) is 24.5 Å². The van der Waals surface area contributed by atoms with Crippen molar-refractivity contribution in [2.24, 2.45) is 0 Å². The van der Waals surface area contributed by atoms with Crippen molar-refractivity contribution in [2.75, 3.05) is 0 Å². The van der Waals surface area contributed by atoms with Crippen molar-refractivity contribution in [2.45, 2.75) is 13.1 Å². The van der Waals surface area contributed by atoms with Crippen molar-refractivity contribution >= 4 is 0 Å². The molecule has 0 fully saturated rings.